The lowest BCUT2D eigenvalue weighted by atomic mass is 10.1. The number of hydrogen-bond donors (Lipinski definition) is 1. The second kappa shape index (κ2) is 3.87. The van der Waals surface area contributed by atoms with Gasteiger partial charge in [-0.2, -0.15) is 0 Å². The lowest BCUT2D eigenvalue weighted by molar-refractivity contribution is -0.148. The maximum atomic E-state index is 11.7. The zero-order valence-electron chi connectivity index (χ0n) is 9.58. The minimum Gasteiger partial charge on any atom is -0.327 e. The zero-order valence-corrected chi connectivity index (χ0v) is 9.58. The summed E-state index contributed by atoms with van der Waals surface area (Å²) < 4.78 is 0. The highest BCUT2D eigenvalue weighted by atomic mass is 16.2. The quantitative estimate of drug-likeness (QED) is 0.708. The van der Waals surface area contributed by atoms with Gasteiger partial charge in [0, 0.05) is 25.6 Å². The van der Waals surface area contributed by atoms with Crippen LogP contribution in [0.4, 0.5) is 0 Å². The van der Waals surface area contributed by atoms with Crippen molar-refractivity contribution in [2.24, 2.45) is 5.73 Å². The lowest BCUT2D eigenvalue weighted by Gasteiger charge is -2.39. The molecule has 14 heavy (non-hydrogen) atoms. The van der Waals surface area contributed by atoms with Gasteiger partial charge in [0.2, 0.25) is 5.91 Å². The molecule has 1 aliphatic rings. The highest BCUT2D eigenvalue weighted by molar-refractivity contribution is 5.78. The Balaban J connectivity index is 2.72. The molecule has 1 rings (SSSR count). The van der Waals surface area contributed by atoms with Crippen molar-refractivity contribution >= 4 is 5.91 Å². The van der Waals surface area contributed by atoms with Gasteiger partial charge in [-0.3, -0.25) is 9.80 Å². The molecule has 0 aromatic heterocycles. The number of hydrazine groups is 1. The van der Waals surface area contributed by atoms with Gasteiger partial charge in [0.25, 0.3) is 0 Å². The monoisotopic (exact) mass is 199 g/mol. The molecule has 0 aromatic carbocycles. The van der Waals surface area contributed by atoms with Crippen LogP contribution in [-0.4, -0.2) is 40.6 Å². The van der Waals surface area contributed by atoms with Gasteiger partial charge >= 0.3 is 0 Å². The summed E-state index contributed by atoms with van der Waals surface area (Å²) >= 11 is 0. The maximum Gasteiger partial charge on any atom is 0.238 e. The number of carbonyl (C=O) groups excluding carboxylic acids is 1. The molecule has 1 saturated heterocycles. The molecule has 0 aromatic rings. The molecule has 1 atom stereocenters. The van der Waals surface area contributed by atoms with Gasteiger partial charge in [0.1, 0.15) is 0 Å². The number of hydrogen-bond acceptors (Lipinski definition) is 3. The van der Waals surface area contributed by atoms with Crippen LogP contribution >= 0.6 is 0 Å². The van der Waals surface area contributed by atoms with E-state index in [2.05, 4.69) is 5.01 Å². The van der Waals surface area contributed by atoms with Gasteiger partial charge in [0.15, 0.2) is 0 Å². The van der Waals surface area contributed by atoms with Crippen molar-refractivity contribution in [2.45, 2.75) is 45.7 Å². The standard InChI is InChI=1S/C10H21N3O/c1-8(11)7-12-6-5-9(14)13(12)10(2,3)4/h8H,5-7,11H2,1-4H3. The van der Waals surface area contributed by atoms with Crippen LogP contribution in [0.2, 0.25) is 0 Å². The highest BCUT2D eigenvalue weighted by Gasteiger charge is 2.36. The van der Waals surface area contributed by atoms with E-state index >= 15 is 0 Å². The first-order valence-corrected chi connectivity index (χ1v) is 5.16. The molecular weight excluding hydrogens is 178 g/mol. The van der Waals surface area contributed by atoms with Gasteiger partial charge in [-0.25, -0.2) is 5.01 Å². The van der Waals surface area contributed by atoms with Crippen molar-refractivity contribution in [1.82, 2.24) is 10.0 Å². The Morgan fingerprint density at radius 2 is 2.07 bits per heavy atom. The number of nitrogens with two attached hydrogens (primary N) is 1. The summed E-state index contributed by atoms with van der Waals surface area (Å²) in [4.78, 5) is 11.7. The number of amides is 1. The third-order valence-corrected chi connectivity index (χ3v) is 2.24. The van der Waals surface area contributed by atoms with E-state index in [9.17, 15) is 4.79 Å². The fraction of sp³-hybridized carbons (Fsp3) is 0.900. The van der Waals surface area contributed by atoms with Crippen molar-refractivity contribution < 1.29 is 4.79 Å². The summed E-state index contributed by atoms with van der Waals surface area (Å²) in [6.07, 6.45) is 0.615. The fourth-order valence-electron chi connectivity index (χ4n) is 1.89. The smallest absolute Gasteiger partial charge is 0.238 e. The second-order valence-electron chi connectivity index (χ2n) is 5.02. The number of nitrogens with zero attached hydrogens (tertiary/aromatic N) is 2. The normalized spacial score (nSPS) is 21.8. The van der Waals surface area contributed by atoms with Crippen molar-refractivity contribution in [3.63, 3.8) is 0 Å². The zero-order chi connectivity index (χ0) is 10.9. The van der Waals surface area contributed by atoms with Crippen molar-refractivity contribution in [2.75, 3.05) is 13.1 Å². The molecular formula is C10H21N3O. The Kier molecular flexibility index (Phi) is 3.17. The van der Waals surface area contributed by atoms with Gasteiger partial charge < -0.3 is 5.73 Å². The topological polar surface area (TPSA) is 49.6 Å². The van der Waals surface area contributed by atoms with Crippen LogP contribution in [0.25, 0.3) is 0 Å². The average molecular weight is 199 g/mol. The third kappa shape index (κ3) is 2.45. The summed E-state index contributed by atoms with van der Waals surface area (Å²) in [5.74, 6) is 0.207. The van der Waals surface area contributed by atoms with Crippen LogP contribution in [-0.2, 0) is 4.79 Å². The first-order valence-electron chi connectivity index (χ1n) is 5.16. The SMILES string of the molecule is CC(N)CN1CCC(=O)N1C(C)(C)C. The molecule has 0 saturated carbocycles. The Bertz CT molecular complexity index is 220. The Hall–Kier alpha value is -0.610. The Labute approximate surface area is 86.0 Å². The molecule has 1 fully saturated rings. The molecule has 1 heterocycles. The van der Waals surface area contributed by atoms with Crippen LogP contribution in [0, 0.1) is 0 Å². The second-order valence-corrected chi connectivity index (χ2v) is 5.02. The highest BCUT2D eigenvalue weighted by Crippen LogP contribution is 2.23. The third-order valence-electron chi connectivity index (χ3n) is 2.24. The molecule has 1 unspecified atom stereocenters. The average Bonchev–Trinajstić information content (AvgIpc) is 2.28. The predicted molar refractivity (Wildman–Crippen MR) is 56.4 cm³/mol. The molecule has 82 valence electrons. The molecule has 0 spiro atoms. The Morgan fingerprint density at radius 1 is 1.50 bits per heavy atom. The van der Waals surface area contributed by atoms with Gasteiger partial charge in [0.05, 0.1) is 5.54 Å². The summed E-state index contributed by atoms with van der Waals surface area (Å²) in [5, 5.41) is 3.91. The van der Waals surface area contributed by atoms with Crippen LogP contribution in [0.3, 0.4) is 0 Å². The van der Waals surface area contributed by atoms with E-state index in [1.54, 1.807) is 0 Å². The summed E-state index contributed by atoms with van der Waals surface area (Å²) in [6, 6.07) is 0.103. The van der Waals surface area contributed by atoms with Gasteiger partial charge in [-0.05, 0) is 27.7 Å². The largest absolute Gasteiger partial charge is 0.327 e. The van der Waals surface area contributed by atoms with Crippen LogP contribution in [0.5, 0.6) is 0 Å². The molecule has 0 bridgehead atoms. The van der Waals surface area contributed by atoms with Crippen LogP contribution < -0.4 is 5.73 Å². The van der Waals surface area contributed by atoms with Crippen molar-refractivity contribution in [3.05, 3.63) is 0 Å². The van der Waals surface area contributed by atoms with E-state index in [0.717, 1.165) is 13.1 Å². The Morgan fingerprint density at radius 3 is 2.50 bits per heavy atom. The van der Waals surface area contributed by atoms with Crippen LogP contribution in [0.15, 0.2) is 0 Å². The number of carbonyl (C=O) groups is 1. The van der Waals surface area contributed by atoms with E-state index in [-0.39, 0.29) is 17.5 Å². The van der Waals surface area contributed by atoms with E-state index in [0.29, 0.717) is 6.42 Å². The minimum absolute atomic E-state index is 0.103. The summed E-state index contributed by atoms with van der Waals surface area (Å²) in [6.45, 7) is 9.66. The van der Waals surface area contributed by atoms with Gasteiger partial charge in [-0.15, -0.1) is 0 Å². The molecule has 0 aliphatic carbocycles. The number of rotatable bonds is 2. The molecule has 0 radical (unpaired) electrons. The summed E-state index contributed by atoms with van der Waals surface area (Å²) in [5.41, 5.74) is 5.61. The molecule has 4 nitrogen and oxygen atoms in total. The maximum absolute atomic E-state index is 11.7. The lowest BCUT2D eigenvalue weighted by Crippen LogP contribution is -2.53. The van der Waals surface area contributed by atoms with E-state index < -0.39 is 0 Å². The molecule has 4 heteroatoms. The molecule has 1 amide bonds. The van der Waals surface area contributed by atoms with Crippen molar-refractivity contribution in [1.29, 1.82) is 0 Å². The first-order chi connectivity index (χ1) is 6.32. The fourth-order valence-corrected chi connectivity index (χ4v) is 1.89. The van der Waals surface area contributed by atoms with Crippen molar-refractivity contribution in [3.8, 4) is 0 Å². The minimum atomic E-state index is -0.136. The van der Waals surface area contributed by atoms with E-state index in [4.69, 9.17) is 5.73 Å². The van der Waals surface area contributed by atoms with Crippen LogP contribution in [0.1, 0.15) is 34.1 Å². The molecule has 2 N–H and O–H groups in total. The van der Waals surface area contributed by atoms with E-state index in [1.807, 2.05) is 32.7 Å². The van der Waals surface area contributed by atoms with E-state index in [1.165, 1.54) is 0 Å². The molecule has 1 aliphatic heterocycles. The summed E-state index contributed by atoms with van der Waals surface area (Å²) in [7, 11) is 0. The first kappa shape index (κ1) is 11.5. The predicted octanol–water partition coefficient (Wildman–Crippen LogP) is 0.581. The van der Waals surface area contributed by atoms with Gasteiger partial charge in [-0.1, -0.05) is 0 Å².